The van der Waals surface area contributed by atoms with Crippen LogP contribution in [0.25, 0.3) is 117 Å². The van der Waals surface area contributed by atoms with Crippen molar-refractivity contribution in [2.24, 2.45) is 0 Å². The van der Waals surface area contributed by atoms with Crippen LogP contribution in [0.3, 0.4) is 0 Å². The Morgan fingerprint density at radius 1 is 0.333 bits per heavy atom. The second-order valence-corrected chi connectivity index (χ2v) is 14.4. The highest BCUT2D eigenvalue weighted by Crippen LogP contribution is 2.43. The van der Waals surface area contributed by atoms with Gasteiger partial charge in [0.25, 0.3) is 0 Å². The molecule has 0 aliphatic carbocycles. The molecule has 0 bridgehead atoms. The molecule has 266 valence electrons. The van der Waals surface area contributed by atoms with E-state index in [2.05, 4.69) is 144 Å². The van der Waals surface area contributed by atoms with Gasteiger partial charge in [-0.25, -0.2) is 4.98 Å². The number of nitrogens with zero attached hydrogens (tertiary/aromatic N) is 4. The van der Waals surface area contributed by atoms with Crippen LogP contribution in [0, 0.1) is 0 Å². The van der Waals surface area contributed by atoms with Crippen LogP contribution in [0.5, 0.6) is 0 Å². The van der Waals surface area contributed by atoms with Gasteiger partial charge in [-0.05, 0) is 70.8 Å². The zero-order chi connectivity index (χ0) is 37.5. The van der Waals surface area contributed by atoms with Gasteiger partial charge >= 0.3 is 0 Å². The maximum Gasteiger partial charge on any atom is 0.238 e. The maximum atomic E-state index is 6.57. The average Bonchev–Trinajstić information content (AvgIpc) is 3.96. The first kappa shape index (κ1) is 31.5. The molecule has 0 fully saturated rings. The Morgan fingerprint density at radius 2 is 0.842 bits per heavy atom. The van der Waals surface area contributed by atoms with Gasteiger partial charge < -0.3 is 8.83 Å². The van der Waals surface area contributed by atoms with Crippen LogP contribution in [0.2, 0.25) is 0 Å². The van der Waals surface area contributed by atoms with Crippen LogP contribution in [0.4, 0.5) is 0 Å². The number of para-hydroxylation sites is 3. The number of rotatable bonds is 5. The number of aromatic nitrogens is 4. The van der Waals surface area contributed by atoms with E-state index in [4.69, 9.17) is 23.8 Å². The number of furan rings is 2. The fourth-order valence-electron chi connectivity index (χ4n) is 8.52. The van der Waals surface area contributed by atoms with Crippen molar-refractivity contribution in [2.45, 2.75) is 0 Å². The molecule has 0 amide bonds. The zero-order valence-electron chi connectivity index (χ0n) is 30.4. The lowest BCUT2D eigenvalue weighted by Crippen LogP contribution is -2.06. The highest BCUT2D eigenvalue weighted by atomic mass is 16.3. The second-order valence-electron chi connectivity index (χ2n) is 14.4. The van der Waals surface area contributed by atoms with Crippen molar-refractivity contribution in [3.8, 4) is 51.0 Å². The Labute approximate surface area is 325 Å². The average molecular weight is 731 g/mol. The zero-order valence-corrected chi connectivity index (χ0v) is 30.4. The monoisotopic (exact) mass is 730 g/mol. The minimum atomic E-state index is 0.566. The molecule has 0 saturated heterocycles. The molecule has 6 heteroatoms. The van der Waals surface area contributed by atoms with Gasteiger partial charge in [-0.15, -0.1) is 0 Å². The van der Waals surface area contributed by atoms with Gasteiger partial charge in [0.2, 0.25) is 5.95 Å². The van der Waals surface area contributed by atoms with Gasteiger partial charge in [0, 0.05) is 43.4 Å². The Bertz CT molecular complexity index is 3490. The van der Waals surface area contributed by atoms with E-state index >= 15 is 0 Å². The molecule has 57 heavy (non-hydrogen) atoms. The van der Waals surface area contributed by atoms with Crippen molar-refractivity contribution in [1.29, 1.82) is 0 Å². The van der Waals surface area contributed by atoms with Crippen molar-refractivity contribution in [1.82, 2.24) is 19.5 Å². The predicted octanol–water partition coefficient (Wildman–Crippen LogP) is 13.4. The molecule has 0 saturated carbocycles. The smallest absolute Gasteiger partial charge is 0.238 e. The molecular weight excluding hydrogens is 701 g/mol. The lowest BCUT2D eigenvalue weighted by Gasteiger charge is -2.12. The molecule has 6 nitrogen and oxygen atoms in total. The third-order valence-corrected chi connectivity index (χ3v) is 11.1. The third-order valence-electron chi connectivity index (χ3n) is 11.1. The lowest BCUT2D eigenvalue weighted by molar-refractivity contribution is 0.669. The normalized spacial score (nSPS) is 11.9. The van der Waals surface area contributed by atoms with Gasteiger partial charge in [-0.2, -0.15) is 9.97 Å². The van der Waals surface area contributed by atoms with Crippen molar-refractivity contribution >= 4 is 65.7 Å². The molecule has 0 N–H and O–H groups in total. The largest absolute Gasteiger partial charge is 0.456 e. The summed E-state index contributed by atoms with van der Waals surface area (Å²) in [4.78, 5) is 15.4. The van der Waals surface area contributed by atoms with Crippen molar-refractivity contribution in [2.75, 3.05) is 0 Å². The van der Waals surface area contributed by atoms with Gasteiger partial charge in [0.15, 0.2) is 11.6 Å². The molecule has 8 aromatic carbocycles. The molecule has 0 aliphatic heterocycles. The molecule has 0 atom stereocenters. The van der Waals surface area contributed by atoms with Gasteiger partial charge in [-0.3, -0.25) is 4.57 Å². The number of benzene rings is 8. The van der Waals surface area contributed by atoms with Crippen LogP contribution in [-0.2, 0) is 0 Å². The van der Waals surface area contributed by atoms with E-state index in [1.165, 1.54) is 0 Å². The fraction of sp³-hybridized carbons (Fsp3) is 0. The van der Waals surface area contributed by atoms with Gasteiger partial charge in [0.1, 0.15) is 22.3 Å². The summed E-state index contributed by atoms with van der Waals surface area (Å²) < 4.78 is 14.9. The summed E-state index contributed by atoms with van der Waals surface area (Å²) in [5.41, 5.74) is 11.6. The summed E-state index contributed by atoms with van der Waals surface area (Å²) in [6.45, 7) is 0. The number of fused-ring (bicyclic) bond motifs is 9. The van der Waals surface area contributed by atoms with E-state index in [0.717, 1.165) is 99.1 Å². The molecule has 0 unspecified atom stereocenters. The first-order chi connectivity index (χ1) is 28.2. The summed E-state index contributed by atoms with van der Waals surface area (Å²) in [5.74, 6) is 1.77. The quantitative estimate of drug-likeness (QED) is 0.176. The predicted molar refractivity (Wildman–Crippen MR) is 230 cm³/mol. The minimum Gasteiger partial charge on any atom is -0.456 e. The lowest BCUT2D eigenvalue weighted by atomic mass is 9.93. The summed E-state index contributed by atoms with van der Waals surface area (Å²) in [7, 11) is 0. The van der Waals surface area contributed by atoms with E-state index in [0.29, 0.717) is 17.6 Å². The summed E-state index contributed by atoms with van der Waals surface area (Å²) in [5, 5.41) is 6.62. The molecule has 4 aromatic heterocycles. The number of hydrogen-bond donors (Lipinski definition) is 0. The van der Waals surface area contributed by atoms with Crippen LogP contribution < -0.4 is 0 Å². The van der Waals surface area contributed by atoms with Crippen molar-refractivity contribution < 1.29 is 8.83 Å². The fourth-order valence-corrected chi connectivity index (χ4v) is 8.52. The Balaban J connectivity index is 1.05. The minimum absolute atomic E-state index is 0.566. The van der Waals surface area contributed by atoms with E-state index in [1.54, 1.807) is 0 Å². The molecule has 0 radical (unpaired) electrons. The maximum absolute atomic E-state index is 6.57. The highest BCUT2D eigenvalue weighted by Gasteiger charge is 2.20. The number of hydrogen-bond acceptors (Lipinski definition) is 5. The molecule has 0 spiro atoms. The summed E-state index contributed by atoms with van der Waals surface area (Å²) in [6, 6.07) is 62.7. The van der Waals surface area contributed by atoms with E-state index in [-0.39, 0.29) is 0 Å². The highest BCUT2D eigenvalue weighted by molar-refractivity contribution is 6.19. The molecule has 0 aliphatic rings. The Kier molecular flexibility index (Phi) is 6.83. The third kappa shape index (κ3) is 4.94. The van der Waals surface area contributed by atoms with Crippen LogP contribution >= 0.6 is 0 Å². The Hall–Kier alpha value is -7.83. The summed E-state index contributed by atoms with van der Waals surface area (Å²) in [6.07, 6.45) is 0. The second kappa shape index (κ2) is 12.3. The van der Waals surface area contributed by atoms with Crippen LogP contribution in [-0.4, -0.2) is 19.5 Å². The molecular formula is C51H30N4O2. The standard InChI is InChI=1S/C51H30N4O2/c1-2-13-31(14-3-1)49-52-50(54-51(53-49)55-41-22-7-4-17-37(41)38-18-5-8-23-42(38)55)34-16-10-15-32(29-34)35-20-11-25-45-47(35)48-36(21-12-26-46(48)57-45)33-27-28-44-40(30-33)39-19-6-9-24-43(39)56-44/h1-30H. The van der Waals surface area contributed by atoms with Gasteiger partial charge in [-0.1, -0.05) is 133 Å². The molecule has 12 aromatic rings. The summed E-state index contributed by atoms with van der Waals surface area (Å²) >= 11 is 0. The van der Waals surface area contributed by atoms with Crippen LogP contribution in [0.1, 0.15) is 0 Å². The molecule has 12 rings (SSSR count). The van der Waals surface area contributed by atoms with E-state index in [1.807, 2.05) is 42.5 Å². The van der Waals surface area contributed by atoms with Crippen molar-refractivity contribution in [3.63, 3.8) is 0 Å². The topological polar surface area (TPSA) is 69.9 Å². The first-order valence-corrected chi connectivity index (χ1v) is 19.0. The van der Waals surface area contributed by atoms with Crippen LogP contribution in [0.15, 0.2) is 191 Å². The van der Waals surface area contributed by atoms with E-state index in [9.17, 15) is 0 Å². The molecule has 4 heterocycles. The van der Waals surface area contributed by atoms with Crippen molar-refractivity contribution in [3.05, 3.63) is 182 Å². The SMILES string of the molecule is c1ccc(-c2nc(-c3cccc(-c4cccc5oc6cccc(-c7ccc8oc9ccccc9c8c7)c6c45)c3)nc(-n3c4ccccc4c4ccccc43)n2)cc1. The first-order valence-electron chi connectivity index (χ1n) is 19.0. The Morgan fingerprint density at radius 3 is 1.56 bits per heavy atom. The van der Waals surface area contributed by atoms with Gasteiger partial charge in [0.05, 0.1) is 11.0 Å². The van der Waals surface area contributed by atoms with E-state index < -0.39 is 0 Å².